The van der Waals surface area contributed by atoms with Gasteiger partial charge in [-0.15, -0.1) is 0 Å². The highest BCUT2D eigenvalue weighted by molar-refractivity contribution is 9.09. The van der Waals surface area contributed by atoms with Crippen molar-refractivity contribution in [1.29, 1.82) is 0 Å². The summed E-state index contributed by atoms with van der Waals surface area (Å²) in [5, 5.41) is 14.3. The van der Waals surface area contributed by atoms with Gasteiger partial charge in [-0.2, -0.15) is 0 Å². The van der Waals surface area contributed by atoms with Gasteiger partial charge in [-0.3, -0.25) is 14.9 Å². The lowest BCUT2D eigenvalue weighted by Gasteiger charge is -2.15. The molecule has 1 aliphatic carbocycles. The third-order valence-corrected chi connectivity index (χ3v) is 4.24. The zero-order chi connectivity index (χ0) is 13.3. The number of non-ortho nitro benzene ring substituents is 1. The third-order valence-electron chi connectivity index (χ3n) is 3.16. The molecule has 0 bridgehead atoms. The number of hydrogen-bond acceptors (Lipinski definition) is 3. The first-order valence-corrected chi connectivity index (χ1v) is 6.73. The van der Waals surface area contributed by atoms with E-state index in [2.05, 4.69) is 21.2 Å². The van der Waals surface area contributed by atoms with E-state index in [4.69, 9.17) is 0 Å². The van der Waals surface area contributed by atoms with Gasteiger partial charge >= 0.3 is 0 Å². The number of amides is 1. The molecule has 1 saturated carbocycles. The molecular weight excluding hydrogens is 300 g/mol. The largest absolute Gasteiger partial charge is 0.346 e. The molecule has 1 aromatic carbocycles. The lowest BCUT2D eigenvalue weighted by atomic mass is 10.1. The summed E-state index contributed by atoms with van der Waals surface area (Å²) < 4.78 is 0. The first-order valence-electron chi connectivity index (χ1n) is 5.61. The summed E-state index contributed by atoms with van der Waals surface area (Å²) in [5.41, 5.74) is 0.892. The maximum absolute atomic E-state index is 12.1. The summed E-state index contributed by atoms with van der Waals surface area (Å²) in [6.45, 7) is 1.77. The van der Waals surface area contributed by atoms with E-state index in [0.717, 1.165) is 18.4 Å². The Balaban J connectivity index is 2.24. The maximum atomic E-state index is 12.1. The van der Waals surface area contributed by atoms with Crippen molar-refractivity contribution in [2.24, 2.45) is 0 Å². The van der Waals surface area contributed by atoms with Gasteiger partial charge in [0.1, 0.15) is 0 Å². The van der Waals surface area contributed by atoms with Gasteiger partial charge in [-0.25, -0.2) is 0 Å². The molecule has 0 spiro atoms. The van der Waals surface area contributed by atoms with Gasteiger partial charge in [0.2, 0.25) is 0 Å². The molecule has 0 aliphatic heterocycles. The molecule has 1 aliphatic rings. The summed E-state index contributed by atoms with van der Waals surface area (Å²) in [4.78, 5) is 22.3. The highest BCUT2D eigenvalue weighted by atomic mass is 79.9. The zero-order valence-corrected chi connectivity index (χ0v) is 11.5. The molecule has 18 heavy (non-hydrogen) atoms. The van der Waals surface area contributed by atoms with Crippen LogP contribution in [0.2, 0.25) is 0 Å². The number of nitro benzene ring substituents is 1. The van der Waals surface area contributed by atoms with Gasteiger partial charge in [0.05, 0.1) is 10.5 Å². The summed E-state index contributed by atoms with van der Waals surface area (Å²) in [6, 6.07) is 4.33. The quantitative estimate of drug-likeness (QED) is 0.527. The number of nitrogens with zero attached hydrogens (tertiary/aromatic N) is 1. The number of halogens is 1. The molecular formula is C12H13BrN2O3. The Kier molecular flexibility index (Phi) is 3.38. The second-order valence-corrected chi connectivity index (χ2v) is 5.19. The molecule has 5 nitrogen and oxygen atoms in total. The molecule has 96 valence electrons. The number of benzene rings is 1. The first kappa shape index (κ1) is 13.0. The van der Waals surface area contributed by atoms with E-state index in [-0.39, 0.29) is 17.1 Å². The Labute approximate surface area is 113 Å². The molecule has 1 fully saturated rings. The number of carbonyl (C=O) groups is 1. The van der Waals surface area contributed by atoms with Crippen LogP contribution in [0, 0.1) is 17.0 Å². The molecule has 1 aromatic rings. The number of nitro groups is 1. The van der Waals surface area contributed by atoms with E-state index in [0.29, 0.717) is 10.9 Å². The minimum absolute atomic E-state index is 0.0607. The topological polar surface area (TPSA) is 72.2 Å². The number of hydrogen-bond donors (Lipinski definition) is 1. The second-order valence-electron chi connectivity index (χ2n) is 4.62. The van der Waals surface area contributed by atoms with E-state index >= 15 is 0 Å². The van der Waals surface area contributed by atoms with Crippen LogP contribution in [0.4, 0.5) is 5.69 Å². The summed E-state index contributed by atoms with van der Waals surface area (Å²) in [7, 11) is 0. The van der Waals surface area contributed by atoms with Crippen molar-refractivity contribution >= 4 is 27.5 Å². The van der Waals surface area contributed by atoms with Crippen LogP contribution in [-0.4, -0.2) is 21.7 Å². The molecule has 0 radical (unpaired) electrons. The van der Waals surface area contributed by atoms with Crippen molar-refractivity contribution in [2.75, 3.05) is 5.33 Å². The minimum atomic E-state index is -0.492. The first-order chi connectivity index (χ1) is 8.47. The minimum Gasteiger partial charge on any atom is -0.346 e. The number of aryl methyl sites for hydroxylation is 1. The predicted molar refractivity (Wildman–Crippen MR) is 71.1 cm³/mol. The molecule has 0 atom stereocenters. The zero-order valence-electron chi connectivity index (χ0n) is 9.90. The summed E-state index contributed by atoms with van der Waals surface area (Å²) in [6.07, 6.45) is 1.88. The van der Waals surface area contributed by atoms with E-state index in [1.807, 2.05) is 0 Å². The highest BCUT2D eigenvalue weighted by Gasteiger charge is 2.43. The second kappa shape index (κ2) is 4.68. The Morgan fingerprint density at radius 3 is 2.72 bits per heavy atom. The van der Waals surface area contributed by atoms with Crippen molar-refractivity contribution in [2.45, 2.75) is 25.3 Å². The number of rotatable bonds is 4. The molecule has 0 saturated heterocycles. The highest BCUT2D eigenvalue weighted by Crippen LogP contribution is 2.37. The number of carbonyl (C=O) groups excluding carboxylic acids is 1. The van der Waals surface area contributed by atoms with Crippen LogP contribution < -0.4 is 5.32 Å². The lowest BCUT2D eigenvalue weighted by Crippen LogP contribution is -2.38. The average molecular weight is 313 g/mol. The molecule has 6 heteroatoms. The van der Waals surface area contributed by atoms with Crippen LogP contribution >= 0.6 is 15.9 Å². The number of alkyl halides is 1. The van der Waals surface area contributed by atoms with E-state index in [1.54, 1.807) is 13.0 Å². The maximum Gasteiger partial charge on any atom is 0.270 e. The SMILES string of the molecule is Cc1ccc([N+](=O)[O-])cc1C(=O)NC1(CBr)CC1. The standard InChI is InChI=1S/C12H13BrN2O3/c1-8-2-3-9(15(17)18)6-10(8)11(16)14-12(7-13)4-5-12/h2-3,6H,4-5,7H2,1H3,(H,14,16). The fourth-order valence-electron chi connectivity index (χ4n) is 1.72. The Hall–Kier alpha value is -1.43. The normalized spacial score (nSPS) is 16.1. The molecule has 1 N–H and O–H groups in total. The summed E-state index contributed by atoms with van der Waals surface area (Å²) >= 11 is 3.37. The van der Waals surface area contributed by atoms with Crippen LogP contribution in [0.25, 0.3) is 0 Å². The predicted octanol–water partition coefficient (Wildman–Crippen LogP) is 2.56. The third kappa shape index (κ3) is 2.53. The van der Waals surface area contributed by atoms with Gasteiger partial charge in [0.15, 0.2) is 0 Å². The van der Waals surface area contributed by atoms with Gasteiger partial charge in [0, 0.05) is 23.0 Å². The Morgan fingerprint density at radius 2 is 2.22 bits per heavy atom. The van der Waals surface area contributed by atoms with Crippen LogP contribution in [0.1, 0.15) is 28.8 Å². The molecule has 1 amide bonds. The number of nitrogens with one attached hydrogen (secondary N) is 1. The Morgan fingerprint density at radius 1 is 1.56 bits per heavy atom. The lowest BCUT2D eigenvalue weighted by molar-refractivity contribution is -0.384. The Bertz CT molecular complexity index is 512. The smallest absolute Gasteiger partial charge is 0.270 e. The van der Waals surface area contributed by atoms with Crippen LogP contribution in [0.15, 0.2) is 18.2 Å². The van der Waals surface area contributed by atoms with E-state index in [1.165, 1.54) is 12.1 Å². The van der Waals surface area contributed by atoms with Crippen molar-refractivity contribution in [3.63, 3.8) is 0 Å². The van der Waals surface area contributed by atoms with Gasteiger partial charge in [0.25, 0.3) is 11.6 Å². The monoisotopic (exact) mass is 312 g/mol. The van der Waals surface area contributed by atoms with Crippen LogP contribution in [-0.2, 0) is 0 Å². The van der Waals surface area contributed by atoms with Crippen molar-refractivity contribution in [3.8, 4) is 0 Å². The fraction of sp³-hybridized carbons (Fsp3) is 0.417. The van der Waals surface area contributed by atoms with Crippen LogP contribution in [0.5, 0.6) is 0 Å². The van der Waals surface area contributed by atoms with Crippen molar-refractivity contribution in [1.82, 2.24) is 5.32 Å². The van der Waals surface area contributed by atoms with E-state index < -0.39 is 4.92 Å². The van der Waals surface area contributed by atoms with Gasteiger partial charge < -0.3 is 5.32 Å². The molecule has 0 unspecified atom stereocenters. The molecule has 0 heterocycles. The fourth-order valence-corrected chi connectivity index (χ4v) is 2.42. The molecule has 2 rings (SSSR count). The van der Waals surface area contributed by atoms with Crippen molar-refractivity contribution < 1.29 is 9.72 Å². The van der Waals surface area contributed by atoms with Crippen LogP contribution in [0.3, 0.4) is 0 Å². The summed E-state index contributed by atoms with van der Waals surface area (Å²) in [5.74, 6) is -0.242. The van der Waals surface area contributed by atoms with Gasteiger partial charge in [-0.05, 0) is 25.3 Å². The average Bonchev–Trinajstić information content (AvgIpc) is 3.09. The van der Waals surface area contributed by atoms with Crippen molar-refractivity contribution in [3.05, 3.63) is 39.4 Å². The van der Waals surface area contributed by atoms with E-state index in [9.17, 15) is 14.9 Å². The van der Waals surface area contributed by atoms with Gasteiger partial charge in [-0.1, -0.05) is 22.0 Å². The molecule has 0 aromatic heterocycles.